The normalized spacial score (nSPS) is 10.7. The smallest absolute Gasteiger partial charge is 0.107 e. The van der Waals surface area contributed by atoms with E-state index in [1.165, 1.54) is 5.56 Å². The van der Waals surface area contributed by atoms with Crippen LogP contribution in [0.5, 0.6) is 0 Å². The van der Waals surface area contributed by atoms with Crippen molar-refractivity contribution in [1.29, 1.82) is 0 Å². The molecular weight excluding hydrogens is 300 g/mol. The number of hydrogen-bond donors (Lipinski definition) is 1. The highest BCUT2D eigenvalue weighted by molar-refractivity contribution is 7.09. The SMILES string of the molecule is Clc1cccc(CNCc2nc(-c3ccccc3)cs2)c1. The average molecular weight is 315 g/mol. The molecule has 0 aliphatic heterocycles. The zero-order valence-electron chi connectivity index (χ0n) is 11.4. The lowest BCUT2D eigenvalue weighted by atomic mass is 10.2. The minimum Gasteiger partial charge on any atom is -0.306 e. The maximum absolute atomic E-state index is 5.97. The van der Waals surface area contributed by atoms with E-state index in [2.05, 4.69) is 33.9 Å². The highest BCUT2D eigenvalue weighted by Crippen LogP contribution is 2.21. The Balaban J connectivity index is 1.58. The van der Waals surface area contributed by atoms with Crippen LogP contribution in [0.2, 0.25) is 5.02 Å². The molecule has 2 nitrogen and oxygen atoms in total. The molecule has 2 aromatic carbocycles. The van der Waals surface area contributed by atoms with Gasteiger partial charge in [0, 0.05) is 29.1 Å². The Morgan fingerprint density at radius 2 is 1.86 bits per heavy atom. The molecule has 0 fully saturated rings. The summed E-state index contributed by atoms with van der Waals surface area (Å²) in [5, 5.41) is 7.37. The van der Waals surface area contributed by atoms with Gasteiger partial charge < -0.3 is 5.32 Å². The van der Waals surface area contributed by atoms with Gasteiger partial charge in [-0.25, -0.2) is 4.98 Å². The minimum atomic E-state index is 0.768. The second kappa shape index (κ2) is 6.85. The lowest BCUT2D eigenvalue weighted by Crippen LogP contribution is -2.12. The quantitative estimate of drug-likeness (QED) is 0.735. The van der Waals surface area contributed by atoms with Crippen molar-refractivity contribution in [2.24, 2.45) is 0 Å². The molecule has 0 bridgehead atoms. The monoisotopic (exact) mass is 314 g/mol. The standard InChI is InChI=1S/C17H15ClN2S/c18-15-8-4-5-13(9-15)10-19-11-17-20-16(12-21-17)14-6-2-1-3-7-14/h1-9,12,19H,10-11H2. The number of nitrogens with one attached hydrogen (secondary N) is 1. The molecule has 0 amide bonds. The Morgan fingerprint density at radius 1 is 1.00 bits per heavy atom. The van der Waals surface area contributed by atoms with Gasteiger partial charge in [0.1, 0.15) is 5.01 Å². The van der Waals surface area contributed by atoms with E-state index >= 15 is 0 Å². The number of halogens is 1. The molecule has 4 heteroatoms. The maximum Gasteiger partial charge on any atom is 0.107 e. The van der Waals surface area contributed by atoms with Gasteiger partial charge in [-0.05, 0) is 17.7 Å². The van der Waals surface area contributed by atoms with Crippen molar-refractivity contribution in [3.63, 3.8) is 0 Å². The van der Waals surface area contributed by atoms with E-state index in [1.807, 2.05) is 36.4 Å². The van der Waals surface area contributed by atoms with E-state index in [-0.39, 0.29) is 0 Å². The third-order valence-electron chi connectivity index (χ3n) is 3.12. The van der Waals surface area contributed by atoms with Crippen LogP contribution in [0.4, 0.5) is 0 Å². The van der Waals surface area contributed by atoms with Gasteiger partial charge in [-0.15, -0.1) is 11.3 Å². The Hall–Kier alpha value is -1.68. The molecule has 0 atom stereocenters. The maximum atomic E-state index is 5.97. The van der Waals surface area contributed by atoms with Gasteiger partial charge in [-0.2, -0.15) is 0 Å². The highest BCUT2D eigenvalue weighted by atomic mass is 35.5. The lowest BCUT2D eigenvalue weighted by molar-refractivity contribution is 0.690. The van der Waals surface area contributed by atoms with E-state index in [9.17, 15) is 0 Å². The Labute approximate surface area is 133 Å². The van der Waals surface area contributed by atoms with Crippen molar-refractivity contribution in [1.82, 2.24) is 10.3 Å². The highest BCUT2D eigenvalue weighted by Gasteiger charge is 2.04. The number of hydrogen-bond acceptors (Lipinski definition) is 3. The molecule has 1 aromatic heterocycles. The molecule has 3 rings (SSSR count). The first-order valence-corrected chi connectivity index (χ1v) is 8.02. The number of thiazole rings is 1. The summed E-state index contributed by atoms with van der Waals surface area (Å²) < 4.78 is 0. The molecule has 1 N–H and O–H groups in total. The molecule has 0 aliphatic rings. The van der Waals surface area contributed by atoms with E-state index in [0.29, 0.717) is 0 Å². The fraction of sp³-hybridized carbons (Fsp3) is 0.118. The number of rotatable bonds is 5. The van der Waals surface area contributed by atoms with Gasteiger partial charge in [0.05, 0.1) is 5.69 Å². The van der Waals surface area contributed by atoms with E-state index in [4.69, 9.17) is 11.6 Å². The van der Waals surface area contributed by atoms with Gasteiger partial charge in [-0.1, -0.05) is 54.1 Å². The van der Waals surface area contributed by atoms with Gasteiger partial charge in [0.25, 0.3) is 0 Å². The van der Waals surface area contributed by atoms with Gasteiger partial charge in [0.2, 0.25) is 0 Å². The first kappa shape index (κ1) is 14.3. The third-order valence-corrected chi connectivity index (χ3v) is 4.20. The summed E-state index contributed by atoms with van der Waals surface area (Å²) in [5.41, 5.74) is 3.39. The largest absolute Gasteiger partial charge is 0.306 e. The van der Waals surface area contributed by atoms with Crippen LogP contribution < -0.4 is 5.32 Å². The van der Waals surface area contributed by atoms with Crippen molar-refractivity contribution in [3.8, 4) is 11.3 Å². The molecule has 0 saturated heterocycles. The first-order valence-electron chi connectivity index (χ1n) is 6.76. The summed E-state index contributed by atoms with van der Waals surface area (Å²) in [6.45, 7) is 1.56. The Bertz CT molecular complexity index is 710. The van der Waals surface area contributed by atoms with Gasteiger partial charge in [-0.3, -0.25) is 0 Å². The summed E-state index contributed by atoms with van der Waals surface area (Å²) in [7, 11) is 0. The van der Waals surface area contributed by atoms with Crippen LogP contribution in [-0.2, 0) is 13.1 Å². The van der Waals surface area contributed by atoms with Crippen LogP contribution in [0.25, 0.3) is 11.3 Å². The van der Waals surface area contributed by atoms with Crippen molar-refractivity contribution in [3.05, 3.63) is 75.6 Å². The van der Waals surface area contributed by atoms with Gasteiger partial charge in [0.15, 0.2) is 0 Å². The fourth-order valence-corrected chi connectivity index (χ4v) is 3.08. The molecule has 106 valence electrons. The van der Waals surface area contributed by atoms with Crippen molar-refractivity contribution >= 4 is 22.9 Å². The average Bonchev–Trinajstić information content (AvgIpc) is 2.97. The van der Waals surface area contributed by atoms with Crippen molar-refractivity contribution in [2.75, 3.05) is 0 Å². The summed E-state index contributed by atoms with van der Waals surface area (Å²) in [5.74, 6) is 0. The first-order chi connectivity index (χ1) is 10.3. The molecule has 0 aliphatic carbocycles. The summed E-state index contributed by atoms with van der Waals surface area (Å²) in [6.07, 6.45) is 0. The molecule has 0 radical (unpaired) electrons. The predicted octanol–water partition coefficient (Wildman–Crippen LogP) is 4.75. The van der Waals surface area contributed by atoms with Crippen LogP contribution in [0, 0.1) is 0 Å². The van der Waals surface area contributed by atoms with E-state index in [1.54, 1.807) is 11.3 Å². The molecule has 3 aromatic rings. The topological polar surface area (TPSA) is 24.9 Å². The van der Waals surface area contributed by atoms with Gasteiger partial charge >= 0.3 is 0 Å². The molecule has 0 unspecified atom stereocenters. The molecular formula is C17H15ClN2S. The van der Waals surface area contributed by atoms with E-state index in [0.717, 1.165) is 34.4 Å². The number of nitrogens with zero attached hydrogens (tertiary/aromatic N) is 1. The second-order valence-corrected chi connectivity index (χ2v) is 6.11. The lowest BCUT2D eigenvalue weighted by Gasteiger charge is -2.03. The zero-order valence-corrected chi connectivity index (χ0v) is 13.0. The minimum absolute atomic E-state index is 0.768. The fourth-order valence-electron chi connectivity index (χ4n) is 2.09. The van der Waals surface area contributed by atoms with Crippen LogP contribution >= 0.6 is 22.9 Å². The molecule has 21 heavy (non-hydrogen) atoms. The summed E-state index contributed by atoms with van der Waals surface area (Å²) in [4.78, 5) is 4.66. The van der Waals surface area contributed by atoms with E-state index < -0.39 is 0 Å². The second-order valence-electron chi connectivity index (χ2n) is 4.73. The van der Waals surface area contributed by atoms with Crippen molar-refractivity contribution < 1.29 is 0 Å². The van der Waals surface area contributed by atoms with Crippen LogP contribution in [0.15, 0.2) is 60.0 Å². The van der Waals surface area contributed by atoms with Crippen LogP contribution in [0.1, 0.15) is 10.6 Å². The van der Waals surface area contributed by atoms with Crippen LogP contribution in [0.3, 0.4) is 0 Å². The molecule has 1 heterocycles. The number of benzene rings is 2. The Kier molecular flexibility index (Phi) is 4.65. The predicted molar refractivity (Wildman–Crippen MR) is 89.5 cm³/mol. The molecule has 0 spiro atoms. The van der Waals surface area contributed by atoms with Crippen molar-refractivity contribution in [2.45, 2.75) is 13.1 Å². The Morgan fingerprint density at radius 3 is 2.67 bits per heavy atom. The molecule has 0 saturated carbocycles. The van der Waals surface area contributed by atoms with Crippen LogP contribution in [-0.4, -0.2) is 4.98 Å². The number of aromatic nitrogens is 1. The summed E-state index contributed by atoms with van der Waals surface area (Å²) >= 11 is 7.66. The third kappa shape index (κ3) is 3.91. The zero-order chi connectivity index (χ0) is 14.5. The summed E-state index contributed by atoms with van der Waals surface area (Å²) in [6, 6.07) is 18.1.